The standard InChI is InChI=1S/C20H26N4O2/c1-20(2)11-14-10-13(4-6-17(14)26-20)12-21-15-5-7-18(25)23-19(15)16-8-9-22-24(16)3/h4,6,8-10,15,19,21H,5,7,11-12H2,1-3H3,(H,23,25)/t15-,19-/m1/s1. The van der Waals surface area contributed by atoms with Gasteiger partial charge in [-0.05, 0) is 43.5 Å². The fraction of sp³-hybridized carbons (Fsp3) is 0.500. The van der Waals surface area contributed by atoms with Gasteiger partial charge >= 0.3 is 0 Å². The van der Waals surface area contributed by atoms with Crippen LogP contribution in [0.4, 0.5) is 0 Å². The molecule has 0 saturated carbocycles. The number of carbonyl (C=O) groups excluding carboxylic acids is 1. The number of hydrogen-bond donors (Lipinski definition) is 2. The van der Waals surface area contributed by atoms with Crippen molar-refractivity contribution in [2.24, 2.45) is 7.05 Å². The maximum absolute atomic E-state index is 11.9. The van der Waals surface area contributed by atoms with E-state index in [1.807, 2.05) is 17.8 Å². The molecule has 2 aliphatic heterocycles. The second-order valence-electron chi connectivity index (χ2n) is 7.93. The molecule has 2 aliphatic rings. The molecule has 2 atom stereocenters. The minimum absolute atomic E-state index is 0.0551. The first-order valence-electron chi connectivity index (χ1n) is 9.23. The van der Waals surface area contributed by atoms with Gasteiger partial charge in [-0.3, -0.25) is 9.48 Å². The molecule has 1 saturated heterocycles. The first-order chi connectivity index (χ1) is 12.4. The summed E-state index contributed by atoms with van der Waals surface area (Å²) in [6.07, 6.45) is 4.09. The lowest BCUT2D eigenvalue weighted by Crippen LogP contribution is -2.48. The number of nitrogens with zero attached hydrogens (tertiary/aromatic N) is 2. The number of fused-ring (bicyclic) bond motifs is 1. The van der Waals surface area contributed by atoms with Gasteiger partial charge in [-0.2, -0.15) is 5.10 Å². The summed E-state index contributed by atoms with van der Waals surface area (Å²) in [6, 6.07) is 8.53. The molecule has 2 N–H and O–H groups in total. The zero-order chi connectivity index (χ0) is 18.3. The van der Waals surface area contributed by atoms with Gasteiger partial charge in [0.15, 0.2) is 0 Å². The van der Waals surface area contributed by atoms with Crippen LogP contribution >= 0.6 is 0 Å². The quantitative estimate of drug-likeness (QED) is 0.884. The highest BCUT2D eigenvalue weighted by Gasteiger charge is 2.32. The normalized spacial score (nSPS) is 24.0. The number of amides is 1. The fourth-order valence-corrected chi connectivity index (χ4v) is 4.01. The molecule has 2 aromatic rings. The van der Waals surface area contributed by atoms with E-state index in [-0.39, 0.29) is 23.6 Å². The van der Waals surface area contributed by atoms with Crippen LogP contribution in [-0.2, 0) is 24.8 Å². The average Bonchev–Trinajstić information content (AvgIpc) is 3.14. The van der Waals surface area contributed by atoms with Crippen molar-refractivity contribution in [2.45, 2.75) is 57.3 Å². The van der Waals surface area contributed by atoms with Crippen LogP contribution in [0.2, 0.25) is 0 Å². The number of rotatable bonds is 4. The molecule has 6 nitrogen and oxygen atoms in total. The fourth-order valence-electron chi connectivity index (χ4n) is 4.01. The molecule has 138 valence electrons. The van der Waals surface area contributed by atoms with E-state index in [9.17, 15) is 4.79 Å². The van der Waals surface area contributed by atoms with Crippen LogP contribution in [0.5, 0.6) is 5.75 Å². The van der Waals surface area contributed by atoms with Crippen molar-refractivity contribution in [2.75, 3.05) is 0 Å². The third kappa shape index (κ3) is 3.33. The van der Waals surface area contributed by atoms with Crippen molar-refractivity contribution in [3.8, 4) is 5.75 Å². The van der Waals surface area contributed by atoms with E-state index in [2.05, 4.69) is 47.8 Å². The third-order valence-electron chi connectivity index (χ3n) is 5.27. The Hall–Kier alpha value is -2.34. The summed E-state index contributed by atoms with van der Waals surface area (Å²) in [7, 11) is 1.91. The summed E-state index contributed by atoms with van der Waals surface area (Å²) in [5.74, 6) is 1.10. The van der Waals surface area contributed by atoms with Crippen molar-refractivity contribution in [3.05, 3.63) is 47.3 Å². The molecule has 0 aliphatic carbocycles. The minimum Gasteiger partial charge on any atom is -0.487 e. The molecule has 1 aromatic heterocycles. The van der Waals surface area contributed by atoms with Gasteiger partial charge in [0.1, 0.15) is 11.4 Å². The highest BCUT2D eigenvalue weighted by atomic mass is 16.5. The van der Waals surface area contributed by atoms with Crippen LogP contribution in [0.3, 0.4) is 0 Å². The molecule has 4 rings (SSSR count). The lowest BCUT2D eigenvalue weighted by atomic mass is 9.94. The number of piperidine rings is 1. The van der Waals surface area contributed by atoms with E-state index in [0.29, 0.717) is 6.42 Å². The first kappa shape index (κ1) is 17.1. The highest BCUT2D eigenvalue weighted by Crippen LogP contribution is 2.35. The van der Waals surface area contributed by atoms with Gasteiger partial charge in [0.05, 0.1) is 11.7 Å². The molecule has 6 heteroatoms. The maximum atomic E-state index is 11.9. The zero-order valence-electron chi connectivity index (χ0n) is 15.6. The largest absolute Gasteiger partial charge is 0.487 e. The summed E-state index contributed by atoms with van der Waals surface area (Å²) in [4.78, 5) is 11.9. The van der Waals surface area contributed by atoms with E-state index in [1.54, 1.807) is 6.20 Å². The second kappa shape index (κ2) is 6.43. The first-order valence-corrected chi connectivity index (χ1v) is 9.23. The molecule has 0 spiro atoms. The molecule has 0 bridgehead atoms. The molecule has 1 fully saturated rings. The summed E-state index contributed by atoms with van der Waals surface area (Å²) in [5, 5.41) is 11.0. The van der Waals surface area contributed by atoms with E-state index in [1.165, 1.54) is 11.1 Å². The third-order valence-corrected chi connectivity index (χ3v) is 5.27. The number of nitrogens with one attached hydrogen (secondary N) is 2. The van der Waals surface area contributed by atoms with Gasteiger partial charge in [0, 0.05) is 38.7 Å². The molecule has 26 heavy (non-hydrogen) atoms. The summed E-state index contributed by atoms with van der Waals surface area (Å²) in [6.45, 7) is 5.00. The van der Waals surface area contributed by atoms with Crippen LogP contribution < -0.4 is 15.4 Å². The van der Waals surface area contributed by atoms with E-state index >= 15 is 0 Å². The molecular formula is C20H26N4O2. The molecule has 3 heterocycles. The molecule has 1 aromatic carbocycles. The molecule has 0 unspecified atom stereocenters. The summed E-state index contributed by atoms with van der Waals surface area (Å²) < 4.78 is 7.79. The number of aryl methyl sites for hydroxylation is 1. The predicted octanol–water partition coefficient (Wildman–Crippen LogP) is 2.24. The second-order valence-corrected chi connectivity index (χ2v) is 7.93. The topological polar surface area (TPSA) is 68.2 Å². The Bertz CT molecular complexity index is 827. The number of carbonyl (C=O) groups is 1. The van der Waals surface area contributed by atoms with Crippen molar-refractivity contribution >= 4 is 5.91 Å². The highest BCUT2D eigenvalue weighted by molar-refractivity contribution is 5.77. The van der Waals surface area contributed by atoms with Crippen LogP contribution in [0, 0.1) is 0 Å². The Kier molecular flexibility index (Phi) is 4.23. The summed E-state index contributed by atoms with van der Waals surface area (Å²) in [5.41, 5.74) is 3.42. The van der Waals surface area contributed by atoms with Gasteiger partial charge in [0.25, 0.3) is 0 Å². The molecular weight excluding hydrogens is 328 g/mol. The lowest BCUT2D eigenvalue weighted by Gasteiger charge is -2.33. The smallest absolute Gasteiger partial charge is 0.220 e. The Balaban J connectivity index is 1.47. The number of hydrogen-bond acceptors (Lipinski definition) is 4. The maximum Gasteiger partial charge on any atom is 0.220 e. The van der Waals surface area contributed by atoms with E-state index < -0.39 is 0 Å². The van der Waals surface area contributed by atoms with Crippen LogP contribution in [0.1, 0.15) is 49.6 Å². The Labute approximate surface area is 153 Å². The van der Waals surface area contributed by atoms with Gasteiger partial charge in [-0.1, -0.05) is 12.1 Å². The zero-order valence-corrected chi connectivity index (χ0v) is 15.6. The van der Waals surface area contributed by atoms with Crippen molar-refractivity contribution < 1.29 is 9.53 Å². The number of aromatic nitrogens is 2. The van der Waals surface area contributed by atoms with E-state index in [4.69, 9.17) is 4.74 Å². The van der Waals surface area contributed by atoms with Crippen LogP contribution in [0.15, 0.2) is 30.5 Å². The molecule has 0 radical (unpaired) electrons. The Morgan fingerprint density at radius 2 is 2.23 bits per heavy atom. The minimum atomic E-state index is -0.118. The van der Waals surface area contributed by atoms with Gasteiger partial charge in [-0.25, -0.2) is 0 Å². The Morgan fingerprint density at radius 3 is 3.00 bits per heavy atom. The van der Waals surface area contributed by atoms with Crippen molar-refractivity contribution in [1.82, 2.24) is 20.4 Å². The van der Waals surface area contributed by atoms with Gasteiger partial charge in [0.2, 0.25) is 5.91 Å². The van der Waals surface area contributed by atoms with Crippen LogP contribution in [-0.4, -0.2) is 27.3 Å². The van der Waals surface area contributed by atoms with Gasteiger partial charge < -0.3 is 15.4 Å². The lowest BCUT2D eigenvalue weighted by molar-refractivity contribution is -0.124. The average molecular weight is 354 g/mol. The number of ether oxygens (including phenoxy) is 1. The summed E-state index contributed by atoms with van der Waals surface area (Å²) >= 11 is 0. The van der Waals surface area contributed by atoms with Crippen molar-refractivity contribution in [1.29, 1.82) is 0 Å². The van der Waals surface area contributed by atoms with Crippen molar-refractivity contribution in [3.63, 3.8) is 0 Å². The van der Waals surface area contributed by atoms with Crippen LogP contribution in [0.25, 0.3) is 0 Å². The Morgan fingerprint density at radius 1 is 1.38 bits per heavy atom. The monoisotopic (exact) mass is 354 g/mol. The molecule has 1 amide bonds. The SMILES string of the molecule is Cn1nccc1[C@@H]1NC(=O)CC[C@H]1NCc1ccc2c(c1)CC(C)(C)O2. The number of benzene rings is 1. The van der Waals surface area contributed by atoms with Gasteiger partial charge in [-0.15, -0.1) is 0 Å². The predicted molar refractivity (Wildman–Crippen MR) is 98.8 cm³/mol. The van der Waals surface area contributed by atoms with E-state index in [0.717, 1.165) is 30.8 Å².